The van der Waals surface area contributed by atoms with Gasteiger partial charge in [-0.3, -0.25) is 10.00 Å². The maximum atomic E-state index is 14.4. The molecule has 0 bridgehead atoms. The lowest BCUT2D eigenvalue weighted by molar-refractivity contribution is 0.135. The molecule has 0 aliphatic carbocycles. The summed E-state index contributed by atoms with van der Waals surface area (Å²) in [6, 6.07) is 14.5. The van der Waals surface area contributed by atoms with E-state index in [4.69, 9.17) is 0 Å². The first-order chi connectivity index (χ1) is 13.9. The average molecular weight is 414 g/mol. The number of benzene rings is 2. The number of halogens is 1. The van der Waals surface area contributed by atoms with Crippen molar-refractivity contribution in [2.24, 2.45) is 0 Å². The van der Waals surface area contributed by atoms with Gasteiger partial charge < -0.3 is 0 Å². The summed E-state index contributed by atoms with van der Waals surface area (Å²) in [6.45, 7) is 1.45. The van der Waals surface area contributed by atoms with E-state index in [1.165, 1.54) is 18.5 Å². The van der Waals surface area contributed by atoms with Crippen LogP contribution in [0.3, 0.4) is 0 Å². The van der Waals surface area contributed by atoms with Crippen LogP contribution in [0.5, 0.6) is 0 Å². The minimum absolute atomic E-state index is 0.0651. The summed E-state index contributed by atoms with van der Waals surface area (Å²) in [4.78, 5) is 2.53. The Morgan fingerprint density at radius 1 is 1.10 bits per heavy atom. The number of H-pyrrole nitrogens is 1. The lowest BCUT2D eigenvalue weighted by atomic mass is 9.95. The maximum Gasteiger partial charge on any atom is 0.178 e. The number of nitrogens with zero attached hydrogens (tertiary/aromatic N) is 2. The highest BCUT2D eigenvalue weighted by Crippen LogP contribution is 2.36. The largest absolute Gasteiger partial charge is 0.290 e. The van der Waals surface area contributed by atoms with Crippen molar-refractivity contribution in [3.8, 4) is 11.1 Å². The molecule has 0 spiro atoms. The van der Waals surface area contributed by atoms with Crippen molar-refractivity contribution in [1.82, 2.24) is 15.1 Å². The Labute approximate surface area is 170 Å². The predicted octanol–water partition coefficient (Wildman–Crippen LogP) is 4.35. The Kier molecular flexibility index (Phi) is 5.52. The fraction of sp³-hybridized carbons (Fsp3) is 0.318. The molecule has 1 atom stereocenters. The number of hydrogen-bond donors (Lipinski definition) is 1. The van der Waals surface area contributed by atoms with Crippen LogP contribution < -0.4 is 0 Å². The Balaban J connectivity index is 1.69. The van der Waals surface area contributed by atoms with Crippen LogP contribution in [0, 0.1) is 5.82 Å². The van der Waals surface area contributed by atoms with Gasteiger partial charge >= 0.3 is 0 Å². The number of nitrogens with one attached hydrogen (secondary N) is 1. The molecular weight excluding hydrogens is 389 g/mol. The van der Waals surface area contributed by atoms with Crippen LogP contribution >= 0.6 is 0 Å². The van der Waals surface area contributed by atoms with Crippen LogP contribution in [0.4, 0.5) is 4.39 Å². The zero-order chi connectivity index (χ0) is 20.4. The van der Waals surface area contributed by atoms with Gasteiger partial charge in [0.2, 0.25) is 0 Å². The van der Waals surface area contributed by atoms with Crippen LogP contribution in [-0.4, -0.2) is 36.3 Å². The highest BCUT2D eigenvalue weighted by atomic mass is 32.2. The first-order valence-corrected chi connectivity index (χ1v) is 11.6. The van der Waals surface area contributed by atoms with Crippen molar-refractivity contribution in [2.75, 3.05) is 12.8 Å². The number of sulfone groups is 1. The topological polar surface area (TPSA) is 66.1 Å². The SMILES string of the molecule is CS(=O)(=O)c1cn[nH]c1[C@H]1CCCCN1Cc1ccccc1-c1ccccc1F. The fourth-order valence-corrected chi connectivity index (χ4v) is 4.97. The van der Waals surface area contributed by atoms with Gasteiger partial charge in [0.15, 0.2) is 9.84 Å². The fourth-order valence-electron chi connectivity index (χ4n) is 4.15. The van der Waals surface area contributed by atoms with E-state index in [0.29, 0.717) is 17.8 Å². The van der Waals surface area contributed by atoms with E-state index in [1.807, 2.05) is 30.3 Å². The second-order valence-corrected chi connectivity index (χ2v) is 9.52. The molecule has 7 heteroatoms. The molecule has 1 fully saturated rings. The molecule has 0 radical (unpaired) electrons. The molecule has 3 aromatic rings. The number of aromatic nitrogens is 2. The molecule has 0 saturated carbocycles. The second kappa shape index (κ2) is 8.08. The quantitative estimate of drug-likeness (QED) is 0.675. The summed E-state index contributed by atoms with van der Waals surface area (Å²) in [5.41, 5.74) is 3.11. The van der Waals surface area contributed by atoms with Gasteiger partial charge in [0, 0.05) is 18.4 Å². The molecule has 1 saturated heterocycles. The van der Waals surface area contributed by atoms with Crippen LogP contribution in [0.1, 0.15) is 36.6 Å². The normalized spacial score (nSPS) is 18.1. The lowest BCUT2D eigenvalue weighted by Gasteiger charge is -2.36. The second-order valence-electron chi connectivity index (χ2n) is 7.54. The Morgan fingerprint density at radius 2 is 1.83 bits per heavy atom. The highest BCUT2D eigenvalue weighted by molar-refractivity contribution is 7.90. The van der Waals surface area contributed by atoms with Crippen molar-refractivity contribution in [3.05, 3.63) is 71.8 Å². The number of likely N-dealkylation sites (tertiary alicyclic amines) is 1. The van der Waals surface area contributed by atoms with Crippen LogP contribution in [0.15, 0.2) is 59.6 Å². The Morgan fingerprint density at radius 3 is 2.59 bits per heavy atom. The van der Waals surface area contributed by atoms with Crippen molar-refractivity contribution < 1.29 is 12.8 Å². The summed E-state index contributed by atoms with van der Waals surface area (Å²) in [7, 11) is -3.36. The maximum absolute atomic E-state index is 14.4. The number of piperidine rings is 1. The molecule has 4 rings (SSSR count). The van der Waals surface area contributed by atoms with Gasteiger partial charge in [0.05, 0.1) is 17.9 Å². The first kappa shape index (κ1) is 19.8. The molecule has 5 nitrogen and oxygen atoms in total. The lowest BCUT2D eigenvalue weighted by Crippen LogP contribution is -2.34. The number of aromatic amines is 1. The summed E-state index contributed by atoms with van der Waals surface area (Å²) in [5.74, 6) is -0.247. The van der Waals surface area contributed by atoms with Crippen molar-refractivity contribution in [2.45, 2.75) is 36.7 Å². The zero-order valence-electron chi connectivity index (χ0n) is 16.3. The molecule has 1 aliphatic rings. The summed E-state index contributed by atoms with van der Waals surface area (Å²) in [5, 5.41) is 6.92. The van der Waals surface area contributed by atoms with Crippen LogP contribution in [0.25, 0.3) is 11.1 Å². The molecule has 29 heavy (non-hydrogen) atoms. The van der Waals surface area contributed by atoms with Gasteiger partial charge in [-0.05, 0) is 36.6 Å². The minimum Gasteiger partial charge on any atom is -0.290 e. The smallest absolute Gasteiger partial charge is 0.178 e. The molecule has 2 aromatic carbocycles. The summed E-state index contributed by atoms with van der Waals surface area (Å²) < 4.78 is 38.8. The third kappa shape index (κ3) is 4.11. The number of hydrogen-bond acceptors (Lipinski definition) is 4. The Bertz CT molecular complexity index is 1110. The van der Waals surface area contributed by atoms with Crippen molar-refractivity contribution in [1.29, 1.82) is 0 Å². The summed E-state index contributed by atoms with van der Waals surface area (Å²) >= 11 is 0. The highest BCUT2D eigenvalue weighted by Gasteiger charge is 2.30. The predicted molar refractivity (Wildman–Crippen MR) is 111 cm³/mol. The van der Waals surface area contributed by atoms with Crippen LogP contribution in [-0.2, 0) is 16.4 Å². The van der Waals surface area contributed by atoms with Gasteiger partial charge in [-0.25, -0.2) is 12.8 Å². The molecule has 2 heterocycles. The van der Waals surface area contributed by atoms with Gasteiger partial charge in [-0.15, -0.1) is 0 Å². The van der Waals surface area contributed by atoms with E-state index in [9.17, 15) is 12.8 Å². The van der Waals surface area contributed by atoms with Crippen molar-refractivity contribution >= 4 is 9.84 Å². The van der Waals surface area contributed by atoms with Crippen LogP contribution in [0.2, 0.25) is 0 Å². The average Bonchev–Trinajstić information content (AvgIpc) is 3.20. The zero-order valence-corrected chi connectivity index (χ0v) is 17.1. The molecule has 1 N–H and O–H groups in total. The van der Waals surface area contributed by atoms with Gasteiger partial charge in [-0.1, -0.05) is 48.9 Å². The first-order valence-electron chi connectivity index (χ1n) is 9.75. The molecule has 1 aromatic heterocycles. The standard InChI is InChI=1S/C22H24FN3O2S/c1-29(27,28)21-14-24-25-22(21)20-12-6-7-13-26(20)15-16-8-2-3-9-17(16)18-10-4-5-11-19(18)23/h2-5,8-11,14,20H,6-7,12-13,15H2,1H3,(H,24,25)/t20-/m1/s1. The molecule has 152 valence electrons. The molecule has 1 aliphatic heterocycles. The Hall–Kier alpha value is -2.51. The van der Waals surface area contributed by atoms with E-state index < -0.39 is 9.84 Å². The molecular formula is C22H24FN3O2S. The minimum atomic E-state index is -3.36. The molecule has 0 unspecified atom stereocenters. The van der Waals surface area contributed by atoms with E-state index in [1.54, 1.807) is 12.1 Å². The van der Waals surface area contributed by atoms with Crippen molar-refractivity contribution in [3.63, 3.8) is 0 Å². The van der Waals surface area contributed by atoms with E-state index in [-0.39, 0.29) is 16.8 Å². The third-order valence-electron chi connectivity index (χ3n) is 5.53. The van der Waals surface area contributed by atoms with Gasteiger partial charge in [-0.2, -0.15) is 5.10 Å². The number of rotatable bonds is 5. The van der Waals surface area contributed by atoms with E-state index in [2.05, 4.69) is 15.1 Å². The monoisotopic (exact) mass is 413 g/mol. The molecule has 0 amide bonds. The van der Waals surface area contributed by atoms with Gasteiger partial charge in [0.1, 0.15) is 10.7 Å². The third-order valence-corrected chi connectivity index (χ3v) is 6.66. The van der Waals surface area contributed by atoms with E-state index in [0.717, 1.165) is 36.9 Å². The van der Waals surface area contributed by atoms with Gasteiger partial charge in [0.25, 0.3) is 0 Å². The van der Waals surface area contributed by atoms with E-state index >= 15 is 0 Å². The summed E-state index contributed by atoms with van der Waals surface area (Å²) in [6.07, 6.45) is 5.53.